The fourth-order valence-electron chi connectivity index (χ4n) is 4.52. The SMILES string of the molecule is CCc1nn(C)c(CC)c1CNC(=NC)N1CCCC2(CNC(=O)C2)C1.I. The predicted octanol–water partition coefficient (Wildman–Crippen LogP) is 1.84. The van der Waals surface area contributed by atoms with E-state index in [1.807, 2.05) is 18.8 Å². The summed E-state index contributed by atoms with van der Waals surface area (Å²) < 4.78 is 2.00. The van der Waals surface area contributed by atoms with E-state index in [-0.39, 0.29) is 35.3 Å². The van der Waals surface area contributed by atoms with Gasteiger partial charge in [0, 0.05) is 63.4 Å². The molecule has 0 aliphatic carbocycles. The number of aryl methyl sites for hydroxylation is 2. The lowest BCUT2D eigenvalue weighted by molar-refractivity contribution is -0.119. The second-order valence-corrected chi connectivity index (χ2v) is 7.58. The summed E-state index contributed by atoms with van der Waals surface area (Å²) in [7, 11) is 3.86. The smallest absolute Gasteiger partial charge is 0.220 e. The van der Waals surface area contributed by atoms with E-state index in [0.717, 1.165) is 63.5 Å². The molecule has 7 nitrogen and oxygen atoms in total. The van der Waals surface area contributed by atoms with E-state index in [9.17, 15) is 4.79 Å². The van der Waals surface area contributed by atoms with E-state index < -0.39 is 0 Å². The number of carbonyl (C=O) groups is 1. The number of hydrogen-bond donors (Lipinski definition) is 2. The van der Waals surface area contributed by atoms with Gasteiger partial charge in [-0.2, -0.15) is 5.10 Å². The van der Waals surface area contributed by atoms with Gasteiger partial charge < -0.3 is 15.5 Å². The molecule has 1 aromatic heterocycles. The number of likely N-dealkylation sites (tertiary alicyclic amines) is 1. The first kappa shape index (κ1) is 22.0. The second-order valence-electron chi connectivity index (χ2n) is 7.58. The Bertz CT molecular complexity index is 701. The maximum atomic E-state index is 11.7. The number of carbonyl (C=O) groups excluding carboxylic acids is 1. The first-order valence-corrected chi connectivity index (χ1v) is 9.78. The van der Waals surface area contributed by atoms with Gasteiger partial charge in [-0.1, -0.05) is 13.8 Å². The van der Waals surface area contributed by atoms with Gasteiger partial charge in [0.1, 0.15) is 0 Å². The summed E-state index contributed by atoms with van der Waals surface area (Å²) in [6, 6.07) is 0. The molecule has 2 fully saturated rings. The van der Waals surface area contributed by atoms with E-state index in [2.05, 4.69) is 39.5 Å². The largest absolute Gasteiger partial charge is 0.355 e. The second kappa shape index (κ2) is 9.25. The van der Waals surface area contributed by atoms with Crippen molar-refractivity contribution in [2.24, 2.45) is 17.5 Å². The molecule has 1 amide bonds. The maximum absolute atomic E-state index is 11.7. The third kappa shape index (κ3) is 4.57. The quantitative estimate of drug-likeness (QED) is 0.386. The van der Waals surface area contributed by atoms with Crippen molar-refractivity contribution in [2.75, 3.05) is 26.7 Å². The molecule has 3 heterocycles. The number of halogens is 1. The Morgan fingerprint density at radius 2 is 2.15 bits per heavy atom. The minimum absolute atomic E-state index is 0. The molecular weight excluding hydrogens is 455 g/mol. The van der Waals surface area contributed by atoms with Crippen LogP contribution >= 0.6 is 24.0 Å². The van der Waals surface area contributed by atoms with Gasteiger partial charge in [-0.15, -0.1) is 24.0 Å². The lowest BCUT2D eigenvalue weighted by Crippen LogP contribution is -2.51. The van der Waals surface area contributed by atoms with Gasteiger partial charge in [0.2, 0.25) is 5.91 Å². The van der Waals surface area contributed by atoms with Crippen molar-refractivity contribution < 1.29 is 4.79 Å². The highest BCUT2D eigenvalue weighted by atomic mass is 127. The highest BCUT2D eigenvalue weighted by Gasteiger charge is 2.42. The summed E-state index contributed by atoms with van der Waals surface area (Å²) in [6.45, 7) is 7.74. The number of amides is 1. The zero-order valence-electron chi connectivity index (χ0n) is 17.0. The third-order valence-corrected chi connectivity index (χ3v) is 5.82. The van der Waals surface area contributed by atoms with E-state index >= 15 is 0 Å². The molecule has 0 saturated carbocycles. The van der Waals surface area contributed by atoms with E-state index in [0.29, 0.717) is 6.42 Å². The van der Waals surface area contributed by atoms with Crippen molar-refractivity contribution in [3.63, 3.8) is 0 Å². The third-order valence-electron chi connectivity index (χ3n) is 5.82. The summed E-state index contributed by atoms with van der Waals surface area (Å²) in [5.41, 5.74) is 3.81. The molecule has 2 aliphatic heterocycles. The number of rotatable bonds is 4. The molecule has 2 N–H and O–H groups in total. The molecule has 1 aromatic rings. The summed E-state index contributed by atoms with van der Waals surface area (Å²) in [5.74, 6) is 1.11. The van der Waals surface area contributed by atoms with Gasteiger partial charge in [0.25, 0.3) is 0 Å². The van der Waals surface area contributed by atoms with Crippen molar-refractivity contribution >= 4 is 35.8 Å². The molecule has 0 aromatic carbocycles. The van der Waals surface area contributed by atoms with Crippen molar-refractivity contribution in [1.29, 1.82) is 0 Å². The minimum Gasteiger partial charge on any atom is -0.355 e. The van der Waals surface area contributed by atoms with Crippen LogP contribution in [0.1, 0.15) is 50.1 Å². The van der Waals surface area contributed by atoms with Gasteiger partial charge in [-0.05, 0) is 25.7 Å². The van der Waals surface area contributed by atoms with Crippen LogP contribution in [0.5, 0.6) is 0 Å². The van der Waals surface area contributed by atoms with Crippen molar-refractivity contribution in [3.05, 3.63) is 17.0 Å². The summed E-state index contributed by atoms with van der Waals surface area (Å²) in [5, 5.41) is 11.2. The lowest BCUT2D eigenvalue weighted by Gasteiger charge is -2.40. The molecule has 2 saturated heterocycles. The van der Waals surface area contributed by atoms with E-state index in [4.69, 9.17) is 0 Å². The number of guanidine groups is 1. The number of aromatic nitrogens is 2. The van der Waals surface area contributed by atoms with Crippen LogP contribution in [-0.2, 0) is 31.2 Å². The van der Waals surface area contributed by atoms with Crippen LogP contribution in [0.2, 0.25) is 0 Å². The average Bonchev–Trinajstić information content (AvgIpc) is 3.14. The van der Waals surface area contributed by atoms with E-state index in [1.54, 1.807) is 0 Å². The number of hydrogen-bond acceptors (Lipinski definition) is 3. The summed E-state index contributed by atoms with van der Waals surface area (Å²) >= 11 is 0. The number of nitrogens with zero attached hydrogens (tertiary/aromatic N) is 4. The number of aliphatic imine (C=N–C) groups is 1. The Kier molecular flexibility index (Phi) is 7.53. The normalized spacial score (nSPS) is 22.7. The zero-order chi connectivity index (χ0) is 18.7. The molecule has 1 atom stereocenters. The molecule has 1 spiro atoms. The molecule has 3 rings (SSSR count). The standard InChI is InChI=1S/C19H32N6O.HI/c1-5-15-14(16(6-2)24(4)23-15)11-21-18(20-3)25-9-7-8-19(13-25)10-17(26)22-12-19;/h5-13H2,1-4H3,(H,20,21)(H,22,26);1H. The molecule has 8 heteroatoms. The average molecular weight is 488 g/mol. The molecule has 2 aliphatic rings. The molecule has 1 unspecified atom stereocenters. The van der Waals surface area contributed by atoms with Crippen LogP contribution < -0.4 is 10.6 Å². The fourth-order valence-corrected chi connectivity index (χ4v) is 4.52. The van der Waals surface area contributed by atoms with Gasteiger partial charge in [0.15, 0.2) is 5.96 Å². The summed E-state index contributed by atoms with van der Waals surface area (Å²) in [4.78, 5) is 18.6. The fraction of sp³-hybridized carbons (Fsp3) is 0.737. The predicted molar refractivity (Wildman–Crippen MR) is 118 cm³/mol. The Morgan fingerprint density at radius 3 is 2.74 bits per heavy atom. The van der Waals surface area contributed by atoms with Crippen molar-refractivity contribution in [2.45, 2.75) is 52.5 Å². The highest BCUT2D eigenvalue weighted by molar-refractivity contribution is 14.0. The van der Waals surface area contributed by atoms with Crippen LogP contribution in [0.15, 0.2) is 4.99 Å². The van der Waals surface area contributed by atoms with Crippen LogP contribution in [0.25, 0.3) is 0 Å². The molecule has 0 radical (unpaired) electrons. The molecule has 27 heavy (non-hydrogen) atoms. The van der Waals surface area contributed by atoms with Crippen LogP contribution in [0.4, 0.5) is 0 Å². The van der Waals surface area contributed by atoms with Gasteiger partial charge >= 0.3 is 0 Å². The Hall–Kier alpha value is -1.32. The van der Waals surface area contributed by atoms with E-state index in [1.165, 1.54) is 11.3 Å². The van der Waals surface area contributed by atoms with Gasteiger partial charge in [-0.3, -0.25) is 14.5 Å². The number of piperidine rings is 1. The van der Waals surface area contributed by atoms with Crippen molar-refractivity contribution in [1.82, 2.24) is 25.3 Å². The molecule has 152 valence electrons. The minimum atomic E-state index is 0. The van der Waals surface area contributed by atoms with Crippen LogP contribution in [0.3, 0.4) is 0 Å². The summed E-state index contributed by atoms with van der Waals surface area (Å²) in [6.07, 6.45) is 4.76. The molecular formula is C19H33IN6O. The maximum Gasteiger partial charge on any atom is 0.220 e. The van der Waals surface area contributed by atoms with Crippen LogP contribution in [0, 0.1) is 5.41 Å². The Labute approximate surface area is 179 Å². The number of nitrogens with one attached hydrogen (secondary N) is 2. The van der Waals surface area contributed by atoms with Gasteiger partial charge in [-0.25, -0.2) is 0 Å². The van der Waals surface area contributed by atoms with Crippen molar-refractivity contribution in [3.8, 4) is 0 Å². The monoisotopic (exact) mass is 488 g/mol. The van der Waals surface area contributed by atoms with Gasteiger partial charge in [0.05, 0.1) is 5.69 Å². The topological polar surface area (TPSA) is 74.6 Å². The zero-order valence-corrected chi connectivity index (χ0v) is 19.3. The first-order chi connectivity index (χ1) is 12.5. The van der Waals surface area contributed by atoms with Crippen LogP contribution in [-0.4, -0.2) is 53.2 Å². The lowest BCUT2D eigenvalue weighted by atomic mass is 9.79. The highest BCUT2D eigenvalue weighted by Crippen LogP contribution is 2.36. The first-order valence-electron chi connectivity index (χ1n) is 9.78. The Morgan fingerprint density at radius 1 is 1.37 bits per heavy atom. The molecule has 0 bridgehead atoms. The Balaban J connectivity index is 0.00000261.